The van der Waals surface area contributed by atoms with Crippen molar-refractivity contribution in [2.75, 3.05) is 38.3 Å². The molecule has 24 heavy (non-hydrogen) atoms. The van der Waals surface area contributed by atoms with E-state index in [1.807, 2.05) is 6.92 Å². The van der Waals surface area contributed by atoms with Crippen molar-refractivity contribution in [3.05, 3.63) is 47.5 Å². The van der Waals surface area contributed by atoms with Crippen molar-refractivity contribution in [2.24, 2.45) is 0 Å². The zero-order valence-electron chi connectivity index (χ0n) is 16.4. The molecule has 1 saturated heterocycles. The third-order valence-electron chi connectivity index (χ3n) is 3.56. The summed E-state index contributed by atoms with van der Waals surface area (Å²) in [5.41, 5.74) is 2.80. The molecule has 0 aliphatic carbocycles. The molecule has 0 bridgehead atoms. The molecule has 0 atom stereocenters. The molecule has 2 nitrogen and oxygen atoms in total. The maximum Gasteiger partial charge on any atom is 0.0433 e. The van der Waals surface area contributed by atoms with Crippen molar-refractivity contribution >= 4 is 11.8 Å². The highest BCUT2D eigenvalue weighted by Crippen LogP contribution is 2.13. The van der Waals surface area contributed by atoms with Gasteiger partial charge < -0.3 is 4.74 Å². The lowest BCUT2D eigenvalue weighted by molar-refractivity contribution is 0.215. The highest BCUT2D eigenvalue weighted by atomic mass is 32.2. The minimum atomic E-state index is 0.819. The van der Waals surface area contributed by atoms with Crippen LogP contribution >= 0.6 is 11.8 Å². The predicted octanol–water partition coefficient (Wildman–Crippen LogP) is 5.56. The fraction of sp³-hybridized carbons (Fsp3) is 0.619. The minimum Gasteiger partial charge on any atom is -0.385 e. The summed E-state index contributed by atoms with van der Waals surface area (Å²) in [7, 11) is 1.68. The Balaban J connectivity index is 0.000000443. The number of rotatable bonds is 5. The lowest BCUT2D eigenvalue weighted by Crippen LogP contribution is -2.31. The van der Waals surface area contributed by atoms with Crippen molar-refractivity contribution in [1.82, 2.24) is 4.90 Å². The highest BCUT2D eigenvalue weighted by Gasteiger charge is 2.09. The molecule has 1 fully saturated rings. The maximum absolute atomic E-state index is 4.54. The average Bonchev–Trinajstić information content (AvgIpc) is 2.63. The molecule has 0 radical (unpaired) electrons. The first-order chi connectivity index (χ1) is 11.7. The molecule has 0 saturated carbocycles. The minimum absolute atomic E-state index is 0.819. The van der Waals surface area contributed by atoms with E-state index < -0.39 is 0 Å². The fourth-order valence-electron chi connectivity index (χ4n) is 2.04. The summed E-state index contributed by atoms with van der Waals surface area (Å²) < 4.78 is 4.54. The smallest absolute Gasteiger partial charge is 0.0433 e. The van der Waals surface area contributed by atoms with Gasteiger partial charge in [-0.25, -0.2) is 0 Å². The molecule has 2 rings (SSSR count). The first-order valence-electron chi connectivity index (χ1n) is 9.17. The molecule has 1 aliphatic rings. The Morgan fingerprint density at radius 1 is 1.00 bits per heavy atom. The van der Waals surface area contributed by atoms with E-state index in [0.29, 0.717) is 0 Å². The number of hydrogen-bond donors (Lipinski definition) is 0. The van der Waals surface area contributed by atoms with Crippen LogP contribution in [-0.4, -0.2) is 43.2 Å². The summed E-state index contributed by atoms with van der Waals surface area (Å²) >= 11 is 2.07. The summed E-state index contributed by atoms with van der Waals surface area (Å²) in [5, 5.41) is 0. The van der Waals surface area contributed by atoms with E-state index in [1.54, 1.807) is 7.11 Å². The quantitative estimate of drug-likeness (QED) is 0.644. The lowest BCUT2D eigenvalue weighted by Gasteiger charge is -2.26. The third kappa shape index (κ3) is 13.6. The second kappa shape index (κ2) is 17.1. The summed E-state index contributed by atoms with van der Waals surface area (Å²) in [6.07, 6.45) is 6.71. The largest absolute Gasteiger partial charge is 0.385 e. The Hall–Kier alpha value is -0.770. The van der Waals surface area contributed by atoms with Crippen LogP contribution in [-0.2, 0) is 11.3 Å². The number of nitrogens with zero attached hydrogens (tertiary/aromatic N) is 1. The summed E-state index contributed by atoms with van der Waals surface area (Å²) in [4.78, 5) is 2.54. The van der Waals surface area contributed by atoms with E-state index >= 15 is 0 Å². The van der Waals surface area contributed by atoms with E-state index in [2.05, 4.69) is 78.6 Å². The number of ether oxygens (including phenoxy) is 1. The number of allylic oxidation sites excluding steroid dienone is 2. The van der Waals surface area contributed by atoms with E-state index in [1.165, 1.54) is 48.6 Å². The number of methoxy groups -OCH3 is 1. The summed E-state index contributed by atoms with van der Waals surface area (Å²) in [6.45, 7) is 12.8. The van der Waals surface area contributed by atoms with Crippen molar-refractivity contribution < 1.29 is 4.74 Å². The lowest BCUT2D eigenvalue weighted by atomic mass is 10.1. The van der Waals surface area contributed by atoms with Gasteiger partial charge in [-0.2, -0.15) is 11.8 Å². The summed E-state index contributed by atoms with van der Waals surface area (Å²) in [6, 6.07) is 8.90. The third-order valence-corrected chi connectivity index (χ3v) is 4.50. The van der Waals surface area contributed by atoms with Crippen LogP contribution in [0.5, 0.6) is 0 Å². The van der Waals surface area contributed by atoms with Gasteiger partial charge in [0.2, 0.25) is 0 Å². The van der Waals surface area contributed by atoms with Crippen molar-refractivity contribution in [3.8, 4) is 0 Å². The van der Waals surface area contributed by atoms with Crippen molar-refractivity contribution in [1.29, 1.82) is 0 Å². The van der Waals surface area contributed by atoms with Gasteiger partial charge in [-0.1, -0.05) is 55.8 Å². The summed E-state index contributed by atoms with van der Waals surface area (Å²) in [5.74, 6) is 2.59. The van der Waals surface area contributed by atoms with Gasteiger partial charge in [-0.3, -0.25) is 4.90 Å². The van der Waals surface area contributed by atoms with Crippen LogP contribution in [0.2, 0.25) is 0 Å². The van der Waals surface area contributed by atoms with Crippen LogP contribution in [0.15, 0.2) is 36.4 Å². The van der Waals surface area contributed by atoms with Crippen LogP contribution < -0.4 is 0 Å². The van der Waals surface area contributed by atoms with Crippen molar-refractivity contribution in [3.63, 3.8) is 0 Å². The second-order valence-corrected chi connectivity index (χ2v) is 6.96. The first kappa shape index (κ1) is 23.2. The van der Waals surface area contributed by atoms with Gasteiger partial charge in [-0.15, -0.1) is 0 Å². The highest BCUT2D eigenvalue weighted by molar-refractivity contribution is 7.99. The Morgan fingerprint density at radius 2 is 1.50 bits per heavy atom. The topological polar surface area (TPSA) is 12.5 Å². The zero-order valence-corrected chi connectivity index (χ0v) is 17.2. The Labute approximate surface area is 154 Å². The molecule has 0 aromatic heterocycles. The molecular weight excluding hydrogens is 314 g/mol. The van der Waals surface area contributed by atoms with Crippen molar-refractivity contribution in [2.45, 2.75) is 47.1 Å². The molecule has 0 N–H and O–H groups in total. The van der Waals surface area contributed by atoms with E-state index in [-0.39, 0.29) is 0 Å². The zero-order chi connectivity index (χ0) is 18.0. The fourth-order valence-corrected chi connectivity index (χ4v) is 3.02. The molecule has 1 aromatic rings. The average molecular weight is 352 g/mol. The van der Waals surface area contributed by atoms with Gasteiger partial charge in [0, 0.05) is 44.9 Å². The van der Waals surface area contributed by atoms with E-state index in [0.717, 1.165) is 13.2 Å². The first-order valence-corrected chi connectivity index (χ1v) is 10.3. The Kier molecular flexibility index (Phi) is 16.5. The van der Waals surface area contributed by atoms with E-state index in [9.17, 15) is 0 Å². The van der Waals surface area contributed by atoms with Crippen LogP contribution in [0.4, 0.5) is 0 Å². The molecule has 3 heteroatoms. The molecular formula is C21H37NOS. The van der Waals surface area contributed by atoms with Crippen LogP contribution in [0.3, 0.4) is 0 Å². The second-order valence-electron chi connectivity index (χ2n) is 5.74. The molecule has 1 aliphatic heterocycles. The van der Waals surface area contributed by atoms with E-state index in [4.69, 9.17) is 0 Å². The van der Waals surface area contributed by atoms with Crippen LogP contribution in [0.1, 0.15) is 44.7 Å². The molecule has 0 spiro atoms. The Morgan fingerprint density at radius 3 is 1.92 bits per heavy atom. The van der Waals surface area contributed by atoms with Crippen LogP contribution in [0.25, 0.3) is 0 Å². The number of hydrogen-bond acceptors (Lipinski definition) is 3. The SMILES string of the molecule is CC/C=C\CC.CCOC.Cc1ccc(CN2CCSCC2)cc1. The number of benzene rings is 1. The molecule has 1 aromatic carbocycles. The van der Waals surface area contributed by atoms with Gasteiger partial charge in [-0.05, 0) is 32.3 Å². The number of thioether (sulfide) groups is 1. The standard InChI is InChI=1S/C12H17NS.C6H12.C3H8O/c1-11-2-4-12(5-3-11)10-13-6-8-14-9-7-13;1-3-5-6-4-2;1-3-4-2/h2-5H,6-10H2,1H3;5-6H,3-4H2,1-2H3;3H2,1-2H3/b;6-5-;. The monoisotopic (exact) mass is 351 g/mol. The molecule has 0 amide bonds. The van der Waals surface area contributed by atoms with Gasteiger partial charge in [0.15, 0.2) is 0 Å². The predicted molar refractivity (Wildman–Crippen MR) is 111 cm³/mol. The van der Waals surface area contributed by atoms with Gasteiger partial charge >= 0.3 is 0 Å². The van der Waals surface area contributed by atoms with Gasteiger partial charge in [0.1, 0.15) is 0 Å². The van der Waals surface area contributed by atoms with Crippen LogP contribution in [0, 0.1) is 6.92 Å². The normalized spacial score (nSPS) is 14.5. The molecule has 0 unspecified atom stereocenters. The molecule has 138 valence electrons. The Bertz CT molecular complexity index is 389. The van der Waals surface area contributed by atoms with Gasteiger partial charge in [0.25, 0.3) is 0 Å². The maximum atomic E-state index is 4.54. The number of aryl methyl sites for hydroxylation is 1. The molecule has 1 heterocycles. The van der Waals surface area contributed by atoms with Gasteiger partial charge in [0.05, 0.1) is 0 Å².